The van der Waals surface area contributed by atoms with Crippen molar-refractivity contribution < 1.29 is 4.74 Å². The van der Waals surface area contributed by atoms with Gasteiger partial charge in [-0.1, -0.05) is 20.3 Å². The second kappa shape index (κ2) is 8.33. The molecule has 19 heavy (non-hydrogen) atoms. The summed E-state index contributed by atoms with van der Waals surface area (Å²) < 4.78 is 7.69. The van der Waals surface area contributed by atoms with E-state index in [1.807, 2.05) is 0 Å². The number of aromatic nitrogens is 2. The van der Waals surface area contributed by atoms with Gasteiger partial charge in [0, 0.05) is 23.9 Å². The van der Waals surface area contributed by atoms with Gasteiger partial charge in [0.1, 0.15) is 0 Å². The number of rotatable bonds is 9. The minimum atomic E-state index is 0.361. The molecule has 0 spiro atoms. The first kappa shape index (κ1) is 16.2. The molecule has 4 heteroatoms. The van der Waals surface area contributed by atoms with Gasteiger partial charge in [-0.05, 0) is 33.7 Å². The quantitative estimate of drug-likeness (QED) is 0.699. The van der Waals surface area contributed by atoms with Crippen LogP contribution in [-0.4, -0.2) is 29.5 Å². The Morgan fingerprint density at radius 1 is 1.26 bits per heavy atom. The molecule has 4 nitrogen and oxygen atoms in total. The molecule has 1 N–H and O–H groups in total. The summed E-state index contributed by atoms with van der Waals surface area (Å²) in [7, 11) is 0. The summed E-state index contributed by atoms with van der Waals surface area (Å²) in [6, 6.07) is 0.361. The number of unbranched alkanes of at least 4 members (excludes halogenated alkanes) is 1. The van der Waals surface area contributed by atoms with Gasteiger partial charge < -0.3 is 10.1 Å². The molecule has 0 aromatic carbocycles. The van der Waals surface area contributed by atoms with Crippen LogP contribution in [0.3, 0.4) is 0 Å². The predicted octanol–water partition coefficient (Wildman–Crippen LogP) is 2.99. The van der Waals surface area contributed by atoms with Crippen molar-refractivity contribution in [2.24, 2.45) is 0 Å². The van der Waals surface area contributed by atoms with Crippen LogP contribution in [0.25, 0.3) is 0 Å². The summed E-state index contributed by atoms with van der Waals surface area (Å²) in [6.07, 6.45) is 2.32. The van der Waals surface area contributed by atoms with E-state index in [0.717, 1.165) is 38.4 Å². The third-order valence-electron chi connectivity index (χ3n) is 3.47. The van der Waals surface area contributed by atoms with Crippen LogP contribution in [0.4, 0.5) is 0 Å². The van der Waals surface area contributed by atoms with Gasteiger partial charge in [-0.2, -0.15) is 5.10 Å². The summed E-state index contributed by atoms with van der Waals surface area (Å²) >= 11 is 0. The Bertz CT molecular complexity index is 374. The van der Waals surface area contributed by atoms with Crippen molar-refractivity contribution in [1.29, 1.82) is 0 Å². The highest BCUT2D eigenvalue weighted by molar-refractivity contribution is 5.27. The Hall–Kier alpha value is -0.870. The molecule has 1 atom stereocenters. The number of nitrogens with zero attached hydrogens (tertiary/aromatic N) is 2. The lowest BCUT2D eigenvalue weighted by atomic mass is 10.1. The molecule has 0 radical (unpaired) electrons. The molecule has 0 fully saturated rings. The van der Waals surface area contributed by atoms with Gasteiger partial charge in [-0.15, -0.1) is 0 Å². The minimum Gasteiger partial charge on any atom is -0.380 e. The topological polar surface area (TPSA) is 39.1 Å². The summed E-state index contributed by atoms with van der Waals surface area (Å²) in [5, 5.41) is 8.08. The highest BCUT2D eigenvalue weighted by Gasteiger charge is 2.16. The Morgan fingerprint density at radius 3 is 2.63 bits per heavy atom. The fraction of sp³-hybridized carbons (Fsp3) is 0.800. The molecular weight excluding hydrogens is 238 g/mol. The number of aryl methyl sites for hydroxylation is 1. The first-order valence-corrected chi connectivity index (χ1v) is 7.46. The van der Waals surface area contributed by atoms with Crippen LogP contribution < -0.4 is 5.32 Å². The van der Waals surface area contributed by atoms with E-state index in [0.29, 0.717) is 6.04 Å². The van der Waals surface area contributed by atoms with E-state index in [2.05, 4.69) is 49.7 Å². The lowest BCUT2D eigenvalue weighted by molar-refractivity contribution is 0.120. The van der Waals surface area contributed by atoms with Crippen molar-refractivity contribution in [3.63, 3.8) is 0 Å². The molecule has 1 heterocycles. The van der Waals surface area contributed by atoms with Crippen molar-refractivity contribution in [3.8, 4) is 0 Å². The molecule has 1 rings (SSSR count). The van der Waals surface area contributed by atoms with E-state index in [4.69, 9.17) is 4.74 Å². The van der Waals surface area contributed by atoms with Crippen LogP contribution >= 0.6 is 0 Å². The second-order valence-corrected chi connectivity index (χ2v) is 5.05. The Labute approximate surface area is 117 Å². The third-order valence-corrected chi connectivity index (χ3v) is 3.47. The summed E-state index contributed by atoms with van der Waals surface area (Å²) in [5.74, 6) is 0. The van der Waals surface area contributed by atoms with Crippen LogP contribution in [0.1, 0.15) is 56.6 Å². The number of hydrogen-bond donors (Lipinski definition) is 1. The predicted molar refractivity (Wildman–Crippen MR) is 79.5 cm³/mol. The lowest BCUT2D eigenvalue weighted by Crippen LogP contribution is -2.19. The largest absolute Gasteiger partial charge is 0.380 e. The monoisotopic (exact) mass is 267 g/mol. The first-order valence-electron chi connectivity index (χ1n) is 7.46. The Balaban J connectivity index is 2.58. The maximum Gasteiger partial charge on any atom is 0.0662 e. The van der Waals surface area contributed by atoms with Crippen LogP contribution in [0.2, 0.25) is 0 Å². The van der Waals surface area contributed by atoms with Crippen molar-refractivity contribution in [1.82, 2.24) is 15.1 Å². The highest BCUT2D eigenvalue weighted by Crippen LogP contribution is 2.21. The zero-order valence-corrected chi connectivity index (χ0v) is 13.1. The molecule has 1 aromatic rings. The lowest BCUT2D eigenvalue weighted by Gasteiger charge is -2.13. The second-order valence-electron chi connectivity index (χ2n) is 5.05. The zero-order chi connectivity index (χ0) is 14.3. The van der Waals surface area contributed by atoms with Gasteiger partial charge in [0.05, 0.1) is 18.8 Å². The van der Waals surface area contributed by atoms with Crippen LogP contribution in [-0.2, 0) is 11.3 Å². The van der Waals surface area contributed by atoms with E-state index in [-0.39, 0.29) is 0 Å². The molecule has 1 aromatic heterocycles. The molecular formula is C15H29N3O. The van der Waals surface area contributed by atoms with Crippen molar-refractivity contribution in [2.45, 2.75) is 60.0 Å². The summed E-state index contributed by atoms with van der Waals surface area (Å²) in [5.41, 5.74) is 3.71. The first-order chi connectivity index (χ1) is 9.11. The van der Waals surface area contributed by atoms with Gasteiger partial charge in [0.15, 0.2) is 0 Å². The average molecular weight is 267 g/mol. The van der Waals surface area contributed by atoms with Crippen molar-refractivity contribution >= 4 is 0 Å². The maximum atomic E-state index is 5.61. The Morgan fingerprint density at radius 2 is 2.00 bits per heavy atom. The standard InChI is InChI=1S/C15H29N3O/c1-6-8-10-19-11-9-18-14(5)15(13(4)17-18)12(3)16-7-2/h12,16H,6-11H2,1-5H3. The highest BCUT2D eigenvalue weighted by atomic mass is 16.5. The molecule has 0 saturated heterocycles. The Kier molecular flexibility index (Phi) is 7.10. The van der Waals surface area contributed by atoms with E-state index in [9.17, 15) is 0 Å². The van der Waals surface area contributed by atoms with E-state index in [1.165, 1.54) is 17.7 Å². The van der Waals surface area contributed by atoms with Crippen LogP contribution in [0.15, 0.2) is 0 Å². The smallest absolute Gasteiger partial charge is 0.0662 e. The third kappa shape index (κ3) is 4.62. The normalized spacial score (nSPS) is 12.9. The summed E-state index contributed by atoms with van der Waals surface area (Å²) in [4.78, 5) is 0. The zero-order valence-electron chi connectivity index (χ0n) is 13.1. The van der Waals surface area contributed by atoms with Crippen molar-refractivity contribution in [2.75, 3.05) is 19.8 Å². The van der Waals surface area contributed by atoms with Gasteiger partial charge >= 0.3 is 0 Å². The van der Waals surface area contributed by atoms with Gasteiger partial charge in [-0.3, -0.25) is 4.68 Å². The van der Waals surface area contributed by atoms with E-state index in [1.54, 1.807) is 0 Å². The molecule has 1 unspecified atom stereocenters. The fourth-order valence-electron chi connectivity index (χ4n) is 2.46. The van der Waals surface area contributed by atoms with Crippen LogP contribution in [0, 0.1) is 13.8 Å². The molecule has 0 aliphatic rings. The van der Waals surface area contributed by atoms with E-state index < -0.39 is 0 Å². The number of nitrogens with one attached hydrogen (secondary N) is 1. The fourth-order valence-corrected chi connectivity index (χ4v) is 2.46. The molecule has 110 valence electrons. The maximum absolute atomic E-state index is 5.61. The van der Waals surface area contributed by atoms with Gasteiger partial charge in [0.2, 0.25) is 0 Å². The molecule has 0 aliphatic carbocycles. The molecule has 0 aliphatic heterocycles. The average Bonchev–Trinajstić information content (AvgIpc) is 2.64. The summed E-state index contributed by atoms with van der Waals surface area (Å²) in [6.45, 7) is 14.2. The van der Waals surface area contributed by atoms with Crippen LogP contribution in [0.5, 0.6) is 0 Å². The van der Waals surface area contributed by atoms with Gasteiger partial charge in [-0.25, -0.2) is 0 Å². The van der Waals surface area contributed by atoms with E-state index >= 15 is 0 Å². The number of ether oxygens (including phenoxy) is 1. The molecule has 0 saturated carbocycles. The van der Waals surface area contributed by atoms with Gasteiger partial charge in [0.25, 0.3) is 0 Å². The SMILES string of the molecule is CCCCOCCn1nc(C)c(C(C)NCC)c1C. The molecule has 0 bridgehead atoms. The number of hydrogen-bond acceptors (Lipinski definition) is 3. The minimum absolute atomic E-state index is 0.361. The van der Waals surface area contributed by atoms with Crippen molar-refractivity contribution in [3.05, 3.63) is 17.0 Å². The molecule has 0 amide bonds.